The number of nitrogens with one attached hydrogen (secondary N) is 1. The molecule has 0 radical (unpaired) electrons. The summed E-state index contributed by atoms with van der Waals surface area (Å²) in [5, 5.41) is 2.97. The van der Waals surface area contributed by atoms with Crippen molar-refractivity contribution in [3.63, 3.8) is 0 Å². The van der Waals surface area contributed by atoms with Gasteiger partial charge in [-0.2, -0.15) is 26.3 Å². The van der Waals surface area contributed by atoms with Crippen molar-refractivity contribution in [1.82, 2.24) is 10.2 Å². The molecule has 3 rings (SSSR count). The molecule has 2 aromatic carbocycles. The van der Waals surface area contributed by atoms with Gasteiger partial charge in [-0.15, -0.1) is 0 Å². The van der Waals surface area contributed by atoms with Crippen LogP contribution in [0.25, 0.3) is 0 Å². The van der Waals surface area contributed by atoms with E-state index in [9.17, 15) is 35.5 Å². The van der Waals surface area contributed by atoms with Gasteiger partial charge in [-0.25, -0.2) is 4.39 Å². The van der Waals surface area contributed by atoms with Crippen LogP contribution in [0.15, 0.2) is 42.5 Å². The van der Waals surface area contributed by atoms with Crippen molar-refractivity contribution >= 4 is 5.91 Å². The quantitative estimate of drug-likeness (QED) is 0.400. The first kappa shape index (κ1) is 29.9. The fraction of sp³-hybridized carbons (Fsp3) is 0.519. The van der Waals surface area contributed by atoms with Crippen LogP contribution in [0.4, 0.5) is 30.7 Å². The third-order valence-corrected chi connectivity index (χ3v) is 7.18. The van der Waals surface area contributed by atoms with E-state index in [4.69, 9.17) is 4.74 Å². The Bertz CT molecular complexity index is 1070. The second-order valence-electron chi connectivity index (χ2n) is 9.77. The zero-order valence-corrected chi connectivity index (χ0v) is 21.3. The first-order valence-corrected chi connectivity index (χ1v) is 12.3. The molecule has 1 saturated heterocycles. The van der Waals surface area contributed by atoms with Crippen LogP contribution in [0.5, 0.6) is 0 Å². The number of hydrogen-bond donors (Lipinski definition) is 1. The Morgan fingerprint density at radius 2 is 1.63 bits per heavy atom. The van der Waals surface area contributed by atoms with E-state index in [0.29, 0.717) is 25.1 Å². The Balaban J connectivity index is 2.19. The normalized spacial score (nSPS) is 22.9. The molecule has 0 aliphatic carbocycles. The van der Waals surface area contributed by atoms with Crippen molar-refractivity contribution in [3.05, 3.63) is 70.5 Å². The summed E-state index contributed by atoms with van der Waals surface area (Å²) in [5.74, 6) is -1.31. The molecule has 1 N–H and O–H groups in total. The standard InChI is InChI=1S/C27H31F7N2O2/c1-4-23(37)35-22-9-10-36(11-12-38-3)25(2,24(22)18-5-7-21(28)8-6-18)16-17-13-19(26(29,30)31)15-20(14-17)27(32,33)34/h5-8,13-15,22,24H,4,9-12,16H2,1-3H3,(H,35,37). The number of methoxy groups -OCH3 is 1. The topological polar surface area (TPSA) is 41.6 Å². The summed E-state index contributed by atoms with van der Waals surface area (Å²) in [4.78, 5) is 14.4. The molecular weight excluding hydrogens is 517 g/mol. The lowest BCUT2D eigenvalue weighted by atomic mass is 9.68. The fourth-order valence-electron chi connectivity index (χ4n) is 5.40. The Morgan fingerprint density at radius 1 is 1.05 bits per heavy atom. The summed E-state index contributed by atoms with van der Waals surface area (Å²) in [6, 6.07) is 6.67. The molecule has 38 heavy (non-hydrogen) atoms. The van der Waals surface area contributed by atoms with Gasteiger partial charge < -0.3 is 10.1 Å². The lowest BCUT2D eigenvalue weighted by molar-refractivity contribution is -0.143. The SMILES string of the molecule is CCC(=O)NC1CCN(CCOC)C(C)(Cc2cc(C(F)(F)F)cc(C(F)(F)F)c2)C1c1ccc(F)cc1. The molecule has 3 unspecified atom stereocenters. The Labute approximate surface area is 217 Å². The third kappa shape index (κ3) is 6.85. The van der Waals surface area contributed by atoms with Gasteiger partial charge in [0.25, 0.3) is 0 Å². The highest BCUT2D eigenvalue weighted by molar-refractivity contribution is 5.76. The molecule has 1 heterocycles. The average Bonchev–Trinajstić information content (AvgIpc) is 2.83. The van der Waals surface area contributed by atoms with Crippen molar-refractivity contribution in [2.75, 3.05) is 26.8 Å². The minimum absolute atomic E-state index is 0.108. The van der Waals surface area contributed by atoms with Crippen LogP contribution in [0.2, 0.25) is 0 Å². The number of carbonyl (C=O) groups excluding carboxylic acids is 1. The highest BCUT2D eigenvalue weighted by atomic mass is 19.4. The Morgan fingerprint density at radius 3 is 2.13 bits per heavy atom. The molecule has 11 heteroatoms. The van der Waals surface area contributed by atoms with Gasteiger partial charge in [-0.3, -0.25) is 9.69 Å². The van der Waals surface area contributed by atoms with Crippen LogP contribution in [0, 0.1) is 5.82 Å². The molecule has 0 spiro atoms. The predicted octanol–water partition coefficient (Wildman–Crippen LogP) is 6.20. The summed E-state index contributed by atoms with van der Waals surface area (Å²) < 4.78 is 101. The lowest BCUT2D eigenvalue weighted by Gasteiger charge is -2.54. The highest BCUT2D eigenvalue weighted by Crippen LogP contribution is 2.45. The molecular formula is C27H31F7N2O2. The van der Waals surface area contributed by atoms with Crippen LogP contribution < -0.4 is 5.32 Å². The number of alkyl halides is 6. The van der Waals surface area contributed by atoms with Gasteiger partial charge in [0, 0.05) is 44.1 Å². The lowest BCUT2D eigenvalue weighted by Crippen LogP contribution is -2.63. The summed E-state index contributed by atoms with van der Waals surface area (Å²) in [6.45, 7) is 4.47. The van der Waals surface area contributed by atoms with E-state index in [2.05, 4.69) is 5.32 Å². The number of carbonyl (C=O) groups is 1. The molecule has 2 aromatic rings. The van der Waals surface area contributed by atoms with Crippen molar-refractivity contribution in [2.24, 2.45) is 0 Å². The zero-order chi connectivity index (χ0) is 28.3. The van der Waals surface area contributed by atoms with Crippen molar-refractivity contribution < 1.29 is 40.3 Å². The minimum atomic E-state index is -4.98. The fourth-order valence-corrected chi connectivity index (χ4v) is 5.40. The number of rotatable bonds is 8. The summed E-state index contributed by atoms with van der Waals surface area (Å²) >= 11 is 0. The van der Waals surface area contributed by atoms with E-state index in [0.717, 1.165) is 12.1 Å². The van der Waals surface area contributed by atoms with Crippen LogP contribution >= 0.6 is 0 Å². The predicted molar refractivity (Wildman–Crippen MR) is 128 cm³/mol. The van der Waals surface area contributed by atoms with Crippen molar-refractivity contribution in [2.45, 2.75) is 63.0 Å². The summed E-state index contributed by atoms with van der Waals surface area (Å²) in [5.41, 5.74) is -3.38. The molecule has 3 atom stereocenters. The number of hydrogen-bond acceptors (Lipinski definition) is 3. The third-order valence-electron chi connectivity index (χ3n) is 7.18. The van der Waals surface area contributed by atoms with Crippen LogP contribution in [0.1, 0.15) is 54.9 Å². The average molecular weight is 549 g/mol. The van der Waals surface area contributed by atoms with Gasteiger partial charge in [0.2, 0.25) is 5.91 Å². The van der Waals surface area contributed by atoms with Crippen molar-refractivity contribution in [1.29, 1.82) is 0 Å². The number of nitrogens with zero attached hydrogens (tertiary/aromatic N) is 1. The van der Waals surface area contributed by atoms with E-state index in [-0.39, 0.29) is 37.0 Å². The Hall–Kier alpha value is -2.66. The van der Waals surface area contributed by atoms with Crippen LogP contribution in [-0.2, 0) is 28.3 Å². The second kappa shape index (κ2) is 11.6. The largest absolute Gasteiger partial charge is 0.416 e. The van der Waals surface area contributed by atoms with E-state index in [1.807, 2.05) is 4.90 Å². The van der Waals surface area contributed by atoms with Crippen LogP contribution in [0.3, 0.4) is 0 Å². The molecule has 1 fully saturated rings. The minimum Gasteiger partial charge on any atom is -0.383 e. The van der Waals surface area contributed by atoms with E-state index < -0.39 is 46.8 Å². The van der Waals surface area contributed by atoms with Gasteiger partial charge in [0.1, 0.15) is 5.82 Å². The molecule has 0 saturated carbocycles. The number of benzene rings is 2. The summed E-state index contributed by atoms with van der Waals surface area (Å²) in [6.07, 6.45) is -9.48. The highest BCUT2D eigenvalue weighted by Gasteiger charge is 2.48. The van der Waals surface area contributed by atoms with E-state index in [1.165, 1.54) is 31.4 Å². The monoisotopic (exact) mass is 548 g/mol. The number of amides is 1. The van der Waals surface area contributed by atoms with Gasteiger partial charge in [-0.05, 0) is 61.2 Å². The summed E-state index contributed by atoms with van der Waals surface area (Å²) in [7, 11) is 1.49. The maximum atomic E-state index is 13.8. The molecule has 1 aliphatic rings. The first-order chi connectivity index (χ1) is 17.7. The molecule has 0 aromatic heterocycles. The van der Waals surface area contributed by atoms with E-state index >= 15 is 0 Å². The van der Waals surface area contributed by atoms with Gasteiger partial charge in [0.15, 0.2) is 0 Å². The van der Waals surface area contributed by atoms with Gasteiger partial charge in [-0.1, -0.05) is 19.1 Å². The molecule has 0 bridgehead atoms. The molecule has 210 valence electrons. The number of piperidine rings is 1. The Kier molecular flexibility index (Phi) is 9.13. The smallest absolute Gasteiger partial charge is 0.383 e. The second-order valence-corrected chi connectivity index (χ2v) is 9.77. The first-order valence-electron chi connectivity index (χ1n) is 12.3. The van der Waals surface area contributed by atoms with Gasteiger partial charge >= 0.3 is 12.4 Å². The molecule has 4 nitrogen and oxygen atoms in total. The zero-order valence-electron chi connectivity index (χ0n) is 21.3. The van der Waals surface area contributed by atoms with Crippen molar-refractivity contribution in [3.8, 4) is 0 Å². The number of likely N-dealkylation sites (tertiary alicyclic amines) is 1. The maximum absolute atomic E-state index is 13.8. The van der Waals surface area contributed by atoms with Gasteiger partial charge in [0.05, 0.1) is 17.7 Å². The van der Waals surface area contributed by atoms with Crippen LogP contribution in [-0.4, -0.2) is 49.2 Å². The number of ether oxygens (including phenoxy) is 1. The molecule has 1 aliphatic heterocycles. The molecule has 1 amide bonds. The maximum Gasteiger partial charge on any atom is 0.416 e. The number of halogens is 7. The van der Waals surface area contributed by atoms with E-state index in [1.54, 1.807) is 13.8 Å².